The number of rotatable bonds is 5. The van der Waals surface area contributed by atoms with Gasteiger partial charge in [-0.25, -0.2) is 9.37 Å². The van der Waals surface area contributed by atoms with E-state index in [9.17, 15) is 9.65 Å². The van der Waals surface area contributed by atoms with Gasteiger partial charge in [0, 0.05) is 29.8 Å². The zero-order chi connectivity index (χ0) is 27.1. The first-order valence-corrected chi connectivity index (χ1v) is 13.3. The maximum Gasteiger partial charge on any atom is 0.142 e. The predicted octanol–water partition coefficient (Wildman–Crippen LogP) is 7.78. The Bertz CT molecular complexity index is 1680. The third kappa shape index (κ3) is 4.41. The molecule has 0 spiro atoms. The molecule has 0 unspecified atom stereocenters. The number of methoxy groups -OCH3 is 1. The van der Waals surface area contributed by atoms with Crippen molar-refractivity contribution >= 4 is 11.0 Å². The van der Waals surface area contributed by atoms with Gasteiger partial charge in [-0.15, -0.1) is 0 Å². The van der Waals surface area contributed by atoms with Crippen molar-refractivity contribution in [2.75, 3.05) is 7.11 Å². The average Bonchev–Trinajstić information content (AvgIpc) is 3.51. The summed E-state index contributed by atoms with van der Waals surface area (Å²) in [6.45, 7) is 3.86. The molecule has 1 aliphatic carbocycles. The molecule has 2 aromatic heterocycles. The Hall–Kier alpha value is -4.28. The highest BCUT2D eigenvalue weighted by Gasteiger charge is 2.28. The number of nitrogens with zero attached hydrogens (tertiary/aromatic N) is 4. The van der Waals surface area contributed by atoms with Crippen molar-refractivity contribution in [2.24, 2.45) is 0 Å². The van der Waals surface area contributed by atoms with E-state index in [0.29, 0.717) is 5.56 Å². The summed E-state index contributed by atoms with van der Waals surface area (Å²) in [5.74, 6) is 1.26. The Morgan fingerprint density at radius 1 is 0.974 bits per heavy atom. The first-order valence-electron chi connectivity index (χ1n) is 13.3. The summed E-state index contributed by atoms with van der Waals surface area (Å²) < 4.78 is 27.2. The molecular weight excluding hydrogens is 491 g/mol. The summed E-state index contributed by atoms with van der Waals surface area (Å²) in [6, 6.07) is 20.9. The zero-order valence-electron chi connectivity index (χ0n) is 22.2. The second kappa shape index (κ2) is 10.1. The fourth-order valence-corrected chi connectivity index (χ4v) is 6.01. The Balaban J connectivity index is 1.59. The van der Waals surface area contributed by atoms with Crippen LogP contribution in [0.1, 0.15) is 48.7 Å². The standard InChI is InChI=1S/C32H29FN4O2/c1-19-30(20(2)39-36-19)22-9-16-29-28(17-22)35-32(37(29)25-12-14-26(38-3)15-13-25)27-6-4-5-23(18-34)31(27)21-7-10-24(33)11-8-21/h4-11,16-17,25-26H,12-15H2,1-3H3. The lowest BCUT2D eigenvalue weighted by Gasteiger charge is -2.30. The van der Waals surface area contributed by atoms with Gasteiger partial charge in [0.1, 0.15) is 17.4 Å². The Morgan fingerprint density at radius 2 is 1.72 bits per heavy atom. The van der Waals surface area contributed by atoms with Gasteiger partial charge in [0.2, 0.25) is 0 Å². The average molecular weight is 521 g/mol. The van der Waals surface area contributed by atoms with Gasteiger partial charge < -0.3 is 13.8 Å². The van der Waals surface area contributed by atoms with E-state index in [0.717, 1.165) is 81.8 Å². The molecule has 0 radical (unpaired) electrons. The van der Waals surface area contributed by atoms with E-state index in [-0.39, 0.29) is 18.0 Å². The molecule has 0 N–H and O–H groups in total. The van der Waals surface area contributed by atoms with Gasteiger partial charge in [-0.1, -0.05) is 35.5 Å². The number of hydrogen-bond acceptors (Lipinski definition) is 5. The van der Waals surface area contributed by atoms with Crippen LogP contribution in [0.25, 0.3) is 44.7 Å². The number of benzene rings is 3. The molecule has 0 aliphatic heterocycles. The third-order valence-electron chi connectivity index (χ3n) is 7.91. The van der Waals surface area contributed by atoms with Crippen LogP contribution in [0.5, 0.6) is 0 Å². The van der Waals surface area contributed by atoms with E-state index in [1.807, 2.05) is 26.0 Å². The van der Waals surface area contributed by atoms with Crippen molar-refractivity contribution in [3.05, 3.63) is 83.5 Å². The van der Waals surface area contributed by atoms with Gasteiger partial charge in [-0.3, -0.25) is 0 Å². The van der Waals surface area contributed by atoms with Gasteiger partial charge >= 0.3 is 0 Å². The molecule has 7 heteroatoms. The van der Waals surface area contributed by atoms with Crippen LogP contribution in [0.3, 0.4) is 0 Å². The molecular formula is C32H29FN4O2. The number of halogens is 1. The Morgan fingerprint density at radius 3 is 2.38 bits per heavy atom. The van der Waals surface area contributed by atoms with Crippen LogP contribution in [0.15, 0.2) is 65.2 Å². The highest BCUT2D eigenvalue weighted by atomic mass is 19.1. The number of imidazole rings is 1. The highest BCUT2D eigenvalue weighted by Crippen LogP contribution is 2.41. The summed E-state index contributed by atoms with van der Waals surface area (Å²) in [5.41, 5.74) is 7.63. The van der Waals surface area contributed by atoms with Crippen molar-refractivity contribution in [1.29, 1.82) is 5.26 Å². The molecule has 6 rings (SSSR count). The minimum absolute atomic E-state index is 0.230. The minimum Gasteiger partial charge on any atom is -0.381 e. The van der Waals surface area contributed by atoms with E-state index in [2.05, 4.69) is 34.0 Å². The van der Waals surface area contributed by atoms with Crippen molar-refractivity contribution in [3.8, 4) is 39.7 Å². The number of hydrogen-bond donors (Lipinski definition) is 0. The maximum absolute atomic E-state index is 13.8. The molecule has 39 heavy (non-hydrogen) atoms. The van der Waals surface area contributed by atoms with E-state index >= 15 is 0 Å². The van der Waals surface area contributed by atoms with Gasteiger partial charge in [-0.05, 0) is 81.0 Å². The number of ether oxygens (including phenoxy) is 1. The quantitative estimate of drug-likeness (QED) is 0.236. The Labute approximate surface area is 226 Å². The second-order valence-electron chi connectivity index (χ2n) is 10.2. The molecule has 0 bridgehead atoms. The van der Waals surface area contributed by atoms with Crippen LogP contribution in [0.4, 0.5) is 4.39 Å². The van der Waals surface area contributed by atoms with E-state index in [1.165, 1.54) is 12.1 Å². The fraction of sp³-hybridized carbons (Fsp3) is 0.281. The monoisotopic (exact) mass is 520 g/mol. The maximum atomic E-state index is 13.8. The normalized spacial score (nSPS) is 17.4. The first kappa shape index (κ1) is 25.0. The van der Waals surface area contributed by atoms with Gasteiger partial charge in [0.25, 0.3) is 0 Å². The van der Waals surface area contributed by atoms with Crippen molar-refractivity contribution in [2.45, 2.75) is 51.7 Å². The molecule has 0 atom stereocenters. The van der Waals surface area contributed by atoms with Crippen molar-refractivity contribution in [3.63, 3.8) is 0 Å². The molecule has 1 fully saturated rings. The van der Waals surface area contributed by atoms with E-state index < -0.39 is 0 Å². The summed E-state index contributed by atoms with van der Waals surface area (Å²) in [6.07, 6.45) is 4.14. The number of aromatic nitrogens is 3. The van der Waals surface area contributed by atoms with Crippen LogP contribution in [-0.2, 0) is 4.74 Å². The van der Waals surface area contributed by atoms with Gasteiger partial charge in [-0.2, -0.15) is 5.26 Å². The summed E-state index contributed by atoms with van der Waals surface area (Å²) in [7, 11) is 1.78. The van der Waals surface area contributed by atoms with Crippen LogP contribution in [-0.4, -0.2) is 27.9 Å². The second-order valence-corrected chi connectivity index (χ2v) is 10.2. The van der Waals surface area contributed by atoms with Crippen molar-refractivity contribution in [1.82, 2.24) is 14.7 Å². The summed E-state index contributed by atoms with van der Waals surface area (Å²) in [5, 5.41) is 14.2. The summed E-state index contributed by atoms with van der Waals surface area (Å²) in [4.78, 5) is 5.20. The SMILES string of the molecule is COC1CCC(n2c(-c3cccc(C#N)c3-c3ccc(F)cc3)nc3cc(-c4c(C)noc4C)ccc32)CC1. The molecule has 3 aromatic carbocycles. The molecule has 0 amide bonds. The fourth-order valence-electron chi connectivity index (χ4n) is 6.01. The topological polar surface area (TPSA) is 76.9 Å². The molecule has 0 saturated heterocycles. The van der Waals surface area contributed by atoms with Crippen molar-refractivity contribution < 1.29 is 13.7 Å². The smallest absolute Gasteiger partial charge is 0.142 e. The lowest BCUT2D eigenvalue weighted by molar-refractivity contribution is 0.0591. The molecule has 6 nitrogen and oxygen atoms in total. The minimum atomic E-state index is -0.316. The number of nitriles is 1. The largest absolute Gasteiger partial charge is 0.381 e. The van der Waals surface area contributed by atoms with Crippen LogP contribution in [0, 0.1) is 31.0 Å². The molecule has 1 aliphatic rings. The Kier molecular flexibility index (Phi) is 6.49. The predicted molar refractivity (Wildman–Crippen MR) is 149 cm³/mol. The van der Waals surface area contributed by atoms with Crippen LogP contribution < -0.4 is 0 Å². The lowest BCUT2D eigenvalue weighted by Crippen LogP contribution is -2.23. The zero-order valence-corrected chi connectivity index (χ0v) is 22.2. The van der Waals surface area contributed by atoms with E-state index in [4.69, 9.17) is 14.2 Å². The van der Waals surface area contributed by atoms with Gasteiger partial charge in [0.05, 0.1) is 34.5 Å². The summed E-state index contributed by atoms with van der Waals surface area (Å²) >= 11 is 0. The van der Waals surface area contributed by atoms with Crippen LogP contribution >= 0.6 is 0 Å². The molecule has 1 saturated carbocycles. The lowest BCUT2D eigenvalue weighted by atomic mass is 9.91. The molecule has 5 aromatic rings. The molecule has 2 heterocycles. The molecule has 196 valence electrons. The van der Waals surface area contributed by atoms with E-state index in [1.54, 1.807) is 25.3 Å². The number of fused-ring (bicyclic) bond motifs is 1. The first-order chi connectivity index (χ1) is 19.0. The third-order valence-corrected chi connectivity index (χ3v) is 7.91. The van der Waals surface area contributed by atoms with Crippen LogP contribution in [0.2, 0.25) is 0 Å². The highest BCUT2D eigenvalue weighted by molar-refractivity contribution is 5.91. The number of aryl methyl sites for hydroxylation is 2. The van der Waals surface area contributed by atoms with Gasteiger partial charge in [0.15, 0.2) is 0 Å².